The summed E-state index contributed by atoms with van der Waals surface area (Å²) in [6.45, 7) is 4.18. The molecule has 0 bridgehead atoms. The standard InChI is InChI=1S/C28H32N2O6/c1-18-22(25(33-3)27(35-5)26(34-4)24(18)32-2)16-19-6-7-21(20-8-10-29-11-9-20)23(17-19)28(31)30-12-14-36-15-13-30/h6-11,17H,12-16H2,1-5H3. The van der Waals surface area contributed by atoms with E-state index in [2.05, 4.69) is 4.98 Å². The first-order chi connectivity index (χ1) is 17.5. The van der Waals surface area contributed by atoms with Crippen molar-refractivity contribution in [1.29, 1.82) is 0 Å². The molecule has 0 radical (unpaired) electrons. The molecule has 0 saturated carbocycles. The van der Waals surface area contributed by atoms with Crippen molar-refractivity contribution in [2.75, 3.05) is 54.7 Å². The molecule has 0 unspecified atom stereocenters. The number of hydrogen-bond donors (Lipinski definition) is 0. The molecule has 1 saturated heterocycles. The molecular formula is C28H32N2O6. The zero-order chi connectivity index (χ0) is 25.7. The molecule has 1 aliphatic heterocycles. The lowest BCUT2D eigenvalue weighted by Crippen LogP contribution is -2.40. The van der Waals surface area contributed by atoms with E-state index in [1.54, 1.807) is 40.8 Å². The maximum atomic E-state index is 13.6. The molecule has 0 spiro atoms. The Balaban J connectivity index is 1.82. The van der Waals surface area contributed by atoms with Crippen molar-refractivity contribution < 1.29 is 28.5 Å². The molecule has 0 N–H and O–H groups in total. The largest absolute Gasteiger partial charge is 0.492 e. The van der Waals surface area contributed by atoms with Crippen molar-refractivity contribution in [3.8, 4) is 34.1 Å². The Labute approximate surface area is 211 Å². The summed E-state index contributed by atoms with van der Waals surface area (Å²) >= 11 is 0. The second kappa shape index (κ2) is 11.3. The van der Waals surface area contributed by atoms with E-state index in [-0.39, 0.29) is 5.91 Å². The number of morpholine rings is 1. The Hall–Kier alpha value is -3.78. The Bertz CT molecular complexity index is 1220. The van der Waals surface area contributed by atoms with Crippen molar-refractivity contribution >= 4 is 5.91 Å². The normalized spacial score (nSPS) is 13.3. The van der Waals surface area contributed by atoms with E-state index in [4.69, 9.17) is 23.7 Å². The van der Waals surface area contributed by atoms with Gasteiger partial charge in [-0.25, -0.2) is 0 Å². The number of aromatic nitrogens is 1. The summed E-state index contributed by atoms with van der Waals surface area (Å²) < 4.78 is 28.1. The third-order valence-corrected chi connectivity index (χ3v) is 6.49. The molecule has 3 aromatic rings. The first-order valence-corrected chi connectivity index (χ1v) is 11.8. The third kappa shape index (κ3) is 4.81. The number of amides is 1. The molecule has 36 heavy (non-hydrogen) atoms. The highest BCUT2D eigenvalue weighted by Crippen LogP contribution is 2.49. The number of carbonyl (C=O) groups is 1. The number of rotatable bonds is 8. The fourth-order valence-electron chi connectivity index (χ4n) is 4.67. The molecule has 8 heteroatoms. The molecular weight excluding hydrogens is 460 g/mol. The quantitative estimate of drug-likeness (QED) is 0.467. The minimum atomic E-state index is -0.0134. The summed E-state index contributed by atoms with van der Waals surface area (Å²) in [5.41, 5.74) is 5.19. The van der Waals surface area contributed by atoms with E-state index in [0.29, 0.717) is 61.3 Å². The van der Waals surface area contributed by atoms with Crippen molar-refractivity contribution in [3.63, 3.8) is 0 Å². The number of methoxy groups -OCH3 is 4. The molecule has 0 atom stereocenters. The minimum absolute atomic E-state index is 0.0134. The van der Waals surface area contributed by atoms with Crippen LogP contribution in [0.3, 0.4) is 0 Å². The van der Waals surface area contributed by atoms with Gasteiger partial charge in [0.2, 0.25) is 11.5 Å². The first-order valence-electron chi connectivity index (χ1n) is 11.8. The van der Waals surface area contributed by atoms with Crippen LogP contribution in [0.25, 0.3) is 11.1 Å². The van der Waals surface area contributed by atoms with Gasteiger partial charge in [-0.2, -0.15) is 0 Å². The molecule has 1 fully saturated rings. The molecule has 8 nitrogen and oxygen atoms in total. The summed E-state index contributed by atoms with van der Waals surface area (Å²) in [6, 6.07) is 9.83. The molecule has 2 aromatic carbocycles. The average molecular weight is 493 g/mol. The molecule has 190 valence electrons. The van der Waals surface area contributed by atoms with Gasteiger partial charge in [-0.15, -0.1) is 0 Å². The van der Waals surface area contributed by atoms with E-state index in [1.807, 2.05) is 42.2 Å². The van der Waals surface area contributed by atoms with Gasteiger partial charge in [0.05, 0.1) is 41.7 Å². The van der Waals surface area contributed by atoms with Crippen molar-refractivity contribution in [1.82, 2.24) is 9.88 Å². The average Bonchev–Trinajstić information content (AvgIpc) is 2.94. The Morgan fingerprint density at radius 2 is 1.50 bits per heavy atom. The summed E-state index contributed by atoms with van der Waals surface area (Å²) in [5.74, 6) is 2.10. The van der Waals surface area contributed by atoms with E-state index < -0.39 is 0 Å². The monoisotopic (exact) mass is 492 g/mol. The van der Waals surface area contributed by atoms with Crippen LogP contribution in [-0.4, -0.2) is 70.5 Å². The lowest BCUT2D eigenvalue weighted by Gasteiger charge is -2.28. The van der Waals surface area contributed by atoms with Gasteiger partial charge < -0.3 is 28.6 Å². The van der Waals surface area contributed by atoms with Gasteiger partial charge in [0.25, 0.3) is 5.91 Å². The lowest BCUT2D eigenvalue weighted by atomic mass is 9.92. The zero-order valence-electron chi connectivity index (χ0n) is 21.4. The molecule has 1 amide bonds. The Morgan fingerprint density at radius 1 is 0.889 bits per heavy atom. The maximum Gasteiger partial charge on any atom is 0.254 e. The Kier molecular flexibility index (Phi) is 7.95. The van der Waals surface area contributed by atoms with Crippen LogP contribution < -0.4 is 18.9 Å². The smallest absolute Gasteiger partial charge is 0.254 e. The van der Waals surface area contributed by atoms with Gasteiger partial charge in [-0.3, -0.25) is 9.78 Å². The molecule has 2 heterocycles. The van der Waals surface area contributed by atoms with Crippen LogP contribution in [0.15, 0.2) is 42.7 Å². The van der Waals surface area contributed by atoms with Crippen molar-refractivity contribution in [2.45, 2.75) is 13.3 Å². The highest BCUT2D eigenvalue weighted by Gasteiger charge is 2.27. The fraction of sp³-hybridized carbons (Fsp3) is 0.357. The SMILES string of the molecule is COc1c(C)c(Cc2ccc(-c3ccncc3)c(C(=O)N3CCOCC3)c2)c(OC)c(OC)c1OC. The van der Waals surface area contributed by atoms with Gasteiger partial charge in [-0.05, 0) is 41.8 Å². The van der Waals surface area contributed by atoms with E-state index in [1.165, 1.54) is 0 Å². The minimum Gasteiger partial charge on any atom is -0.492 e. The van der Waals surface area contributed by atoms with E-state index in [0.717, 1.165) is 27.8 Å². The number of carbonyl (C=O) groups excluding carboxylic acids is 1. The Morgan fingerprint density at radius 3 is 2.11 bits per heavy atom. The molecule has 1 aromatic heterocycles. The molecule has 0 aliphatic carbocycles. The van der Waals surface area contributed by atoms with E-state index in [9.17, 15) is 4.79 Å². The number of hydrogen-bond acceptors (Lipinski definition) is 7. The number of ether oxygens (including phenoxy) is 5. The summed E-state index contributed by atoms with van der Waals surface area (Å²) in [6.07, 6.45) is 3.97. The van der Waals surface area contributed by atoms with Crippen molar-refractivity contribution in [3.05, 3.63) is 65.0 Å². The summed E-state index contributed by atoms with van der Waals surface area (Å²) in [5, 5.41) is 0. The maximum absolute atomic E-state index is 13.6. The first kappa shape index (κ1) is 25.3. The topological polar surface area (TPSA) is 79.4 Å². The highest BCUT2D eigenvalue weighted by molar-refractivity contribution is 6.01. The summed E-state index contributed by atoms with van der Waals surface area (Å²) in [7, 11) is 6.34. The van der Waals surface area contributed by atoms with Gasteiger partial charge in [0, 0.05) is 48.6 Å². The van der Waals surface area contributed by atoms with Crippen LogP contribution in [0.5, 0.6) is 23.0 Å². The van der Waals surface area contributed by atoms with Crippen molar-refractivity contribution in [2.24, 2.45) is 0 Å². The van der Waals surface area contributed by atoms with Crippen LogP contribution in [0, 0.1) is 6.92 Å². The summed E-state index contributed by atoms with van der Waals surface area (Å²) in [4.78, 5) is 19.6. The zero-order valence-corrected chi connectivity index (χ0v) is 21.4. The lowest BCUT2D eigenvalue weighted by molar-refractivity contribution is 0.0303. The van der Waals surface area contributed by atoms with Gasteiger partial charge >= 0.3 is 0 Å². The van der Waals surface area contributed by atoms with Gasteiger partial charge in [0.15, 0.2) is 11.5 Å². The van der Waals surface area contributed by atoms with E-state index >= 15 is 0 Å². The predicted octanol–water partition coefficient (Wildman–Crippen LogP) is 4.15. The predicted molar refractivity (Wildman–Crippen MR) is 137 cm³/mol. The molecule has 4 rings (SSSR count). The highest BCUT2D eigenvalue weighted by atomic mass is 16.5. The van der Waals surface area contributed by atoms with Crippen LogP contribution in [0.1, 0.15) is 27.0 Å². The molecule has 1 aliphatic rings. The number of benzene rings is 2. The number of nitrogens with zero attached hydrogens (tertiary/aromatic N) is 2. The van der Waals surface area contributed by atoms with Crippen LogP contribution >= 0.6 is 0 Å². The van der Waals surface area contributed by atoms with Gasteiger partial charge in [-0.1, -0.05) is 12.1 Å². The van der Waals surface area contributed by atoms with Crippen LogP contribution in [-0.2, 0) is 11.2 Å². The number of pyridine rings is 1. The van der Waals surface area contributed by atoms with Gasteiger partial charge in [0.1, 0.15) is 0 Å². The van der Waals surface area contributed by atoms with Crippen LogP contribution in [0.4, 0.5) is 0 Å². The van der Waals surface area contributed by atoms with Crippen LogP contribution in [0.2, 0.25) is 0 Å². The second-order valence-electron chi connectivity index (χ2n) is 8.43. The second-order valence-corrected chi connectivity index (χ2v) is 8.43. The fourth-order valence-corrected chi connectivity index (χ4v) is 4.67. The third-order valence-electron chi connectivity index (χ3n) is 6.49.